The predicted molar refractivity (Wildman–Crippen MR) is 68.0 cm³/mol. The zero-order chi connectivity index (χ0) is 16.3. The number of benzene rings is 2. The topological polar surface area (TPSA) is 50.1 Å². The fourth-order valence-corrected chi connectivity index (χ4v) is 1.72. The number of rotatable bonds is 3. The van der Waals surface area contributed by atoms with E-state index in [9.17, 15) is 22.4 Å². The van der Waals surface area contributed by atoms with Crippen molar-refractivity contribution in [2.24, 2.45) is 0 Å². The van der Waals surface area contributed by atoms with Crippen LogP contribution >= 0.6 is 0 Å². The summed E-state index contributed by atoms with van der Waals surface area (Å²) >= 11 is 0. The van der Waals surface area contributed by atoms with Gasteiger partial charge in [0.05, 0.1) is 17.2 Å². The van der Waals surface area contributed by atoms with E-state index in [0.717, 1.165) is 24.3 Å². The van der Waals surface area contributed by atoms with Crippen LogP contribution in [0.15, 0.2) is 36.4 Å². The molecule has 0 aliphatic carbocycles. The number of halogens is 4. The summed E-state index contributed by atoms with van der Waals surface area (Å²) in [6.07, 6.45) is -4.30. The second-order valence-corrected chi connectivity index (χ2v) is 4.23. The van der Waals surface area contributed by atoms with Crippen LogP contribution in [0.3, 0.4) is 0 Å². The Labute approximate surface area is 122 Å². The van der Waals surface area contributed by atoms with E-state index < -0.39 is 23.1 Å². The van der Waals surface area contributed by atoms with Crippen molar-refractivity contribution < 1.29 is 27.1 Å². The monoisotopic (exact) mass is 309 g/mol. The van der Waals surface area contributed by atoms with Gasteiger partial charge in [-0.05, 0) is 36.4 Å². The van der Waals surface area contributed by atoms with Crippen LogP contribution in [0, 0.1) is 17.1 Å². The smallest absolute Gasteiger partial charge is 0.417 e. The van der Waals surface area contributed by atoms with Crippen molar-refractivity contribution in [2.75, 3.05) is 0 Å². The first-order valence-corrected chi connectivity index (χ1v) is 5.89. The average Bonchev–Trinajstić information content (AvgIpc) is 2.48. The molecular weight excluding hydrogens is 302 g/mol. The molecule has 0 amide bonds. The number of hydrogen-bond acceptors (Lipinski definition) is 3. The Hall–Kier alpha value is -2.88. The molecule has 0 spiro atoms. The van der Waals surface area contributed by atoms with Gasteiger partial charge in [0, 0.05) is 5.56 Å². The lowest BCUT2D eigenvalue weighted by Crippen LogP contribution is -2.08. The third kappa shape index (κ3) is 3.23. The molecule has 2 aromatic rings. The largest absolute Gasteiger partial charge is 0.454 e. The zero-order valence-electron chi connectivity index (χ0n) is 10.8. The highest BCUT2D eigenvalue weighted by Gasteiger charge is 2.34. The number of carbonyl (C=O) groups is 1. The van der Waals surface area contributed by atoms with Gasteiger partial charge < -0.3 is 4.74 Å². The molecule has 0 saturated heterocycles. The molecule has 2 rings (SSSR count). The summed E-state index contributed by atoms with van der Waals surface area (Å²) in [6.45, 7) is 0. The molecule has 22 heavy (non-hydrogen) atoms. The average molecular weight is 309 g/mol. The first kappa shape index (κ1) is 15.5. The van der Waals surface area contributed by atoms with E-state index in [0.29, 0.717) is 12.4 Å². The van der Waals surface area contributed by atoms with Crippen LogP contribution in [0.1, 0.15) is 21.5 Å². The zero-order valence-corrected chi connectivity index (χ0v) is 10.8. The van der Waals surface area contributed by atoms with Gasteiger partial charge in [0.1, 0.15) is 12.0 Å². The van der Waals surface area contributed by atoms with E-state index in [1.165, 1.54) is 12.1 Å². The van der Waals surface area contributed by atoms with Crippen LogP contribution in [0.5, 0.6) is 11.5 Å². The minimum absolute atomic E-state index is 0.0701. The summed E-state index contributed by atoms with van der Waals surface area (Å²) in [5.41, 5.74) is -1.66. The standard InChI is InChI=1S/C15H7F4NO2/c16-13-5-9(8-21)1-4-14(13)22-11-3-2-10(7-20)12(6-11)15(17,18)19/h1-6,8H. The molecule has 112 valence electrons. The summed E-state index contributed by atoms with van der Waals surface area (Å²) in [4.78, 5) is 10.5. The lowest BCUT2D eigenvalue weighted by Gasteiger charge is -2.12. The van der Waals surface area contributed by atoms with Crippen LogP contribution in [-0.4, -0.2) is 6.29 Å². The van der Waals surface area contributed by atoms with E-state index in [-0.39, 0.29) is 17.1 Å². The van der Waals surface area contributed by atoms with Crippen molar-refractivity contribution in [3.63, 3.8) is 0 Å². The molecule has 0 saturated carbocycles. The molecule has 0 heterocycles. The molecule has 0 unspecified atom stereocenters. The highest BCUT2D eigenvalue weighted by molar-refractivity contribution is 5.75. The van der Waals surface area contributed by atoms with Crippen molar-refractivity contribution in [1.29, 1.82) is 5.26 Å². The Morgan fingerprint density at radius 2 is 1.86 bits per heavy atom. The Kier molecular flexibility index (Phi) is 4.13. The lowest BCUT2D eigenvalue weighted by molar-refractivity contribution is -0.137. The van der Waals surface area contributed by atoms with Crippen molar-refractivity contribution in [3.05, 3.63) is 58.9 Å². The molecule has 0 aliphatic rings. The molecule has 3 nitrogen and oxygen atoms in total. The minimum Gasteiger partial charge on any atom is -0.454 e. The summed E-state index contributed by atoms with van der Waals surface area (Å²) in [6, 6.07) is 7.41. The van der Waals surface area contributed by atoms with E-state index in [2.05, 4.69) is 0 Å². The maximum absolute atomic E-state index is 13.6. The molecule has 0 radical (unpaired) electrons. The number of nitriles is 1. The third-order valence-corrected chi connectivity index (χ3v) is 2.74. The van der Waals surface area contributed by atoms with Crippen molar-refractivity contribution in [3.8, 4) is 17.6 Å². The van der Waals surface area contributed by atoms with Gasteiger partial charge in [0.2, 0.25) is 0 Å². The molecule has 0 bridgehead atoms. The maximum Gasteiger partial charge on any atom is 0.417 e. The van der Waals surface area contributed by atoms with E-state index in [1.807, 2.05) is 0 Å². The molecule has 0 N–H and O–H groups in total. The number of aldehydes is 1. The van der Waals surface area contributed by atoms with Crippen molar-refractivity contribution >= 4 is 6.29 Å². The number of ether oxygens (including phenoxy) is 1. The number of hydrogen-bond donors (Lipinski definition) is 0. The van der Waals surface area contributed by atoms with Gasteiger partial charge >= 0.3 is 6.18 Å². The van der Waals surface area contributed by atoms with Gasteiger partial charge in [0.15, 0.2) is 11.6 Å². The Balaban J connectivity index is 2.39. The SMILES string of the molecule is N#Cc1ccc(Oc2ccc(C=O)cc2F)cc1C(F)(F)F. The molecule has 0 fully saturated rings. The van der Waals surface area contributed by atoms with Crippen molar-refractivity contribution in [2.45, 2.75) is 6.18 Å². The van der Waals surface area contributed by atoms with Gasteiger partial charge in [-0.15, -0.1) is 0 Å². The van der Waals surface area contributed by atoms with Crippen LogP contribution in [-0.2, 0) is 6.18 Å². The van der Waals surface area contributed by atoms with Gasteiger partial charge in [-0.2, -0.15) is 18.4 Å². The second-order valence-electron chi connectivity index (χ2n) is 4.23. The number of carbonyl (C=O) groups excluding carboxylic acids is 1. The van der Waals surface area contributed by atoms with E-state index in [1.54, 1.807) is 0 Å². The Morgan fingerprint density at radius 3 is 2.41 bits per heavy atom. The lowest BCUT2D eigenvalue weighted by atomic mass is 10.1. The maximum atomic E-state index is 13.6. The summed E-state index contributed by atoms with van der Waals surface area (Å²) in [7, 11) is 0. The summed E-state index contributed by atoms with van der Waals surface area (Å²) in [5.74, 6) is -1.49. The normalized spacial score (nSPS) is 10.9. The first-order chi connectivity index (χ1) is 10.3. The first-order valence-electron chi connectivity index (χ1n) is 5.89. The minimum atomic E-state index is -4.73. The molecule has 7 heteroatoms. The van der Waals surface area contributed by atoms with Gasteiger partial charge in [-0.25, -0.2) is 4.39 Å². The molecule has 0 aromatic heterocycles. The molecule has 0 aliphatic heterocycles. The van der Waals surface area contributed by atoms with Gasteiger partial charge in [0.25, 0.3) is 0 Å². The second kappa shape index (κ2) is 5.85. The predicted octanol–water partition coefficient (Wildman–Crippen LogP) is 4.32. The Bertz CT molecular complexity index is 763. The van der Waals surface area contributed by atoms with Crippen LogP contribution in [0.2, 0.25) is 0 Å². The summed E-state index contributed by atoms with van der Waals surface area (Å²) in [5, 5.41) is 8.68. The van der Waals surface area contributed by atoms with Gasteiger partial charge in [-0.1, -0.05) is 0 Å². The quantitative estimate of drug-likeness (QED) is 0.626. The highest BCUT2D eigenvalue weighted by atomic mass is 19.4. The van der Waals surface area contributed by atoms with E-state index in [4.69, 9.17) is 10.00 Å². The molecular formula is C15H7F4NO2. The Morgan fingerprint density at radius 1 is 1.14 bits per heavy atom. The van der Waals surface area contributed by atoms with Gasteiger partial charge in [-0.3, -0.25) is 4.79 Å². The summed E-state index contributed by atoms with van der Waals surface area (Å²) < 4.78 is 57.1. The fraction of sp³-hybridized carbons (Fsp3) is 0.0667. The number of alkyl halides is 3. The molecule has 0 atom stereocenters. The van der Waals surface area contributed by atoms with Crippen LogP contribution < -0.4 is 4.74 Å². The van der Waals surface area contributed by atoms with Crippen LogP contribution in [0.25, 0.3) is 0 Å². The molecule has 2 aromatic carbocycles. The third-order valence-electron chi connectivity index (χ3n) is 2.74. The van der Waals surface area contributed by atoms with Crippen LogP contribution in [0.4, 0.5) is 17.6 Å². The van der Waals surface area contributed by atoms with Crippen molar-refractivity contribution in [1.82, 2.24) is 0 Å². The van der Waals surface area contributed by atoms with E-state index >= 15 is 0 Å². The number of nitrogens with zero attached hydrogens (tertiary/aromatic N) is 1. The fourth-order valence-electron chi connectivity index (χ4n) is 1.72. The highest BCUT2D eigenvalue weighted by Crippen LogP contribution is 2.35.